The average Bonchev–Trinajstić information content (AvgIpc) is 3.50. The number of carbonyl (C=O) groups is 1. The lowest BCUT2D eigenvalue weighted by atomic mass is 10.0. The predicted molar refractivity (Wildman–Crippen MR) is 103 cm³/mol. The lowest BCUT2D eigenvalue weighted by Gasteiger charge is -2.19. The van der Waals surface area contributed by atoms with Gasteiger partial charge in [0.25, 0.3) is 0 Å². The zero-order valence-electron chi connectivity index (χ0n) is 16.7. The molecule has 0 radical (unpaired) electrons. The van der Waals surface area contributed by atoms with Gasteiger partial charge in [0.15, 0.2) is 11.5 Å². The quantitative estimate of drug-likeness (QED) is 0.789. The SMILES string of the molecule is O=C(O)C(F)(F)F.c1nc2c(c(C3CC3)n1)CCN(Cc1ccc3c(c1)OCO3)CC2. The Morgan fingerprint density at radius 3 is 2.55 bits per heavy atom. The van der Waals surface area contributed by atoms with Crippen molar-refractivity contribution in [1.82, 2.24) is 14.9 Å². The van der Waals surface area contributed by atoms with Crippen molar-refractivity contribution in [3.63, 3.8) is 0 Å². The molecule has 0 saturated heterocycles. The normalized spacial score (nSPS) is 17.9. The van der Waals surface area contributed by atoms with E-state index in [1.807, 2.05) is 6.07 Å². The number of fused-ring (bicyclic) bond motifs is 2. The molecular weight excluding hydrogens is 415 g/mol. The lowest BCUT2D eigenvalue weighted by molar-refractivity contribution is -0.192. The van der Waals surface area contributed by atoms with E-state index < -0.39 is 12.1 Å². The molecule has 0 unspecified atom stereocenters. The van der Waals surface area contributed by atoms with Crippen LogP contribution in [0.1, 0.15) is 41.3 Å². The molecule has 0 amide bonds. The lowest BCUT2D eigenvalue weighted by Crippen LogP contribution is -2.26. The molecule has 1 aliphatic carbocycles. The van der Waals surface area contributed by atoms with E-state index in [0.717, 1.165) is 44.0 Å². The summed E-state index contributed by atoms with van der Waals surface area (Å²) in [7, 11) is 0. The Kier molecular flexibility index (Phi) is 5.99. The van der Waals surface area contributed by atoms with E-state index in [2.05, 4.69) is 27.0 Å². The maximum absolute atomic E-state index is 10.6. The molecule has 1 N–H and O–H groups in total. The number of aliphatic carboxylic acids is 1. The third-order valence-corrected chi connectivity index (χ3v) is 5.46. The Hall–Kier alpha value is -2.88. The molecule has 0 spiro atoms. The second-order valence-corrected chi connectivity index (χ2v) is 7.73. The van der Waals surface area contributed by atoms with Crippen molar-refractivity contribution in [2.75, 3.05) is 19.9 Å². The monoisotopic (exact) mass is 437 g/mol. The van der Waals surface area contributed by atoms with Crippen LogP contribution in [-0.4, -0.2) is 52.0 Å². The molecule has 5 rings (SSSR count). The fraction of sp³-hybridized carbons (Fsp3) is 0.476. The predicted octanol–water partition coefficient (Wildman–Crippen LogP) is 3.32. The Balaban J connectivity index is 0.000000289. The molecule has 3 aliphatic rings. The third-order valence-electron chi connectivity index (χ3n) is 5.46. The molecule has 0 atom stereocenters. The summed E-state index contributed by atoms with van der Waals surface area (Å²) in [5.41, 5.74) is 5.29. The standard InChI is InChI=1S/C19H21N3O2.C2HF3O2/c1-4-17-18(24-12-23-17)9-13(1)10-22-7-5-15-16(6-8-22)20-11-21-19(15)14-2-3-14;3-2(4,5)1(6)7/h1,4,9,11,14H,2-3,5-8,10,12H2;(H,6,7). The Labute approximate surface area is 176 Å². The highest BCUT2D eigenvalue weighted by Crippen LogP contribution is 2.41. The van der Waals surface area contributed by atoms with Crippen LogP contribution in [-0.2, 0) is 24.2 Å². The molecule has 1 fully saturated rings. The van der Waals surface area contributed by atoms with Gasteiger partial charge >= 0.3 is 12.1 Å². The van der Waals surface area contributed by atoms with Crippen LogP contribution < -0.4 is 9.47 Å². The Morgan fingerprint density at radius 2 is 1.84 bits per heavy atom. The van der Waals surface area contributed by atoms with Gasteiger partial charge in [-0.1, -0.05) is 6.07 Å². The van der Waals surface area contributed by atoms with E-state index in [-0.39, 0.29) is 0 Å². The van der Waals surface area contributed by atoms with Crippen molar-refractivity contribution >= 4 is 5.97 Å². The van der Waals surface area contributed by atoms with E-state index in [9.17, 15) is 13.2 Å². The smallest absolute Gasteiger partial charge is 0.475 e. The third kappa shape index (κ3) is 5.25. The van der Waals surface area contributed by atoms with Crippen LogP contribution in [0.4, 0.5) is 13.2 Å². The average molecular weight is 437 g/mol. The van der Waals surface area contributed by atoms with Crippen LogP contribution in [0.5, 0.6) is 11.5 Å². The summed E-state index contributed by atoms with van der Waals surface area (Å²) in [6.07, 6.45) is 1.35. The number of alkyl halides is 3. The van der Waals surface area contributed by atoms with Gasteiger partial charge in [-0.15, -0.1) is 0 Å². The second kappa shape index (κ2) is 8.70. The van der Waals surface area contributed by atoms with Crippen LogP contribution in [0.15, 0.2) is 24.5 Å². The van der Waals surface area contributed by atoms with Crippen LogP contribution in [0.2, 0.25) is 0 Å². The fourth-order valence-corrected chi connectivity index (χ4v) is 3.76. The van der Waals surface area contributed by atoms with E-state index >= 15 is 0 Å². The first-order valence-corrected chi connectivity index (χ1v) is 10.0. The fourth-order valence-electron chi connectivity index (χ4n) is 3.76. The molecule has 166 valence electrons. The summed E-state index contributed by atoms with van der Waals surface area (Å²) in [5, 5.41) is 7.12. The first-order valence-electron chi connectivity index (χ1n) is 10.0. The van der Waals surface area contributed by atoms with Gasteiger partial charge in [0.05, 0.1) is 5.69 Å². The van der Waals surface area contributed by atoms with Gasteiger partial charge < -0.3 is 14.6 Å². The molecule has 10 heteroatoms. The minimum absolute atomic E-state index is 0.334. The van der Waals surface area contributed by atoms with Gasteiger partial charge in [-0.05, 0) is 42.5 Å². The number of carboxylic acids is 1. The molecule has 31 heavy (non-hydrogen) atoms. The number of rotatable bonds is 3. The Bertz CT molecular complexity index is 963. The summed E-state index contributed by atoms with van der Waals surface area (Å²) in [6, 6.07) is 6.26. The number of halogens is 3. The van der Waals surface area contributed by atoms with E-state index in [1.54, 1.807) is 6.33 Å². The summed E-state index contributed by atoms with van der Waals surface area (Å²) in [5.74, 6) is -0.339. The van der Waals surface area contributed by atoms with Crippen molar-refractivity contribution in [1.29, 1.82) is 0 Å². The van der Waals surface area contributed by atoms with Gasteiger partial charge in [-0.3, -0.25) is 4.90 Å². The number of aromatic nitrogens is 2. The van der Waals surface area contributed by atoms with Gasteiger partial charge in [-0.2, -0.15) is 13.2 Å². The molecule has 1 aromatic heterocycles. The summed E-state index contributed by atoms with van der Waals surface area (Å²) in [6.45, 7) is 3.38. The first-order chi connectivity index (χ1) is 14.8. The first kappa shape index (κ1) is 21.4. The summed E-state index contributed by atoms with van der Waals surface area (Å²) >= 11 is 0. The van der Waals surface area contributed by atoms with Crippen molar-refractivity contribution in [2.24, 2.45) is 0 Å². The number of ether oxygens (including phenoxy) is 2. The van der Waals surface area contributed by atoms with Crippen molar-refractivity contribution < 1.29 is 32.5 Å². The highest BCUT2D eigenvalue weighted by Gasteiger charge is 2.38. The van der Waals surface area contributed by atoms with E-state index in [4.69, 9.17) is 19.4 Å². The van der Waals surface area contributed by atoms with Gasteiger partial charge in [0.2, 0.25) is 6.79 Å². The van der Waals surface area contributed by atoms with Gasteiger partial charge in [0.1, 0.15) is 6.33 Å². The van der Waals surface area contributed by atoms with Gasteiger partial charge in [-0.25, -0.2) is 14.8 Å². The molecule has 0 bridgehead atoms. The highest BCUT2D eigenvalue weighted by molar-refractivity contribution is 5.73. The minimum atomic E-state index is -5.08. The number of benzene rings is 1. The number of hydrogen-bond donors (Lipinski definition) is 1. The number of carboxylic acid groups (broad SMARTS) is 1. The number of hydrogen-bond acceptors (Lipinski definition) is 6. The van der Waals surface area contributed by atoms with Crippen LogP contribution in [0, 0.1) is 0 Å². The zero-order valence-corrected chi connectivity index (χ0v) is 16.7. The van der Waals surface area contributed by atoms with Crippen molar-refractivity contribution in [3.05, 3.63) is 47.0 Å². The highest BCUT2D eigenvalue weighted by atomic mass is 19.4. The topological polar surface area (TPSA) is 84.8 Å². The van der Waals surface area contributed by atoms with Crippen LogP contribution in [0.3, 0.4) is 0 Å². The largest absolute Gasteiger partial charge is 0.490 e. The van der Waals surface area contributed by atoms with Gasteiger partial charge in [0, 0.05) is 37.7 Å². The Morgan fingerprint density at radius 1 is 1.13 bits per heavy atom. The molecule has 2 aliphatic heterocycles. The molecule has 1 saturated carbocycles. The summed E-state index contributed by atoms with van der Waals surface area (Å²) < 4.78 is 42.6. The second-order valence-electron chi connectivity index (χ2n) is 7.73. The van der Waals surface area contributed by atoms with Crippen molar-refractivity contribution in [2.45, 2.75) is 44.3 Å². The molecule has 1 aromatic carbocycles. The molecule has 2 aromatic rings. The number of nitrogens with zero attached hydrogens (tertiary/aromatic N) is 3. The van der Waals surface area contributed by atoms with Crippen LogP contribution >= 0.6 is 0 Å². The molecule has 3 heterocycles. The van der Waals surface area contributed by atoms with E-state index in [0.29, 0.717) is 12.7 Å². The van der Waals surface area contributed by atoms with Crippen LogP contribution in [0.25, 0.3) is 0 Å². The summed E-state index contributed by atoms with van der Waals surface area (Å²) in [4.78, 5) is 20.6. The maximum atomic E-state index is 10.6. The molecule has 7 nitrogen and oxygen atoms in total. The van der Waals surface area contributed by atoms with Crippen molar-refractivity contribution in [3.8, 4) is 11.5 Å². The maximum Gasteiger partial charge on any atom is 0.490 e. The van der Waals surface area contributed by atoms with E-state index in [1.165, 1.54) is 35.4 Å². The minimum Gasteiger partial charge on any atom is -0.475 e. The molecular formula is C21H22F3N3O4. The zero-order chi connectivity index (χ0) is 22.0.